The first-order valence-corrected chi connectivity index (χ1v) is 6.99. The van der Waals surface area contributed by atoms with Crippen LogP contribution in [-0.4, -0.2) is 36.6 Å². The van der Waals surface area contributed by atoms with E-state index in [1.807, 2.05) is 0 Å². The fraction of sp³-hybridized carbons (Fsp3) is 0.538. The number of nitrogens with one attached hydrogen (secondary N) is 1. The highest BCUT2D eigenvalue weighted by molar-refractivity contribution is 6.37. The third-order valence-electron chi connectivity index (χ3n) is 2.58. The molecule has 1 aromatic rings. The van der Waals surface area contributed by atoms with Gasteiger partial charge in [-0.15, -0.1) is 0 Å². The fourth-order valence-corrected chi connectivity index (χ4v) is 2.12. The summed E-state index contributed by atoms with van der Waals surface area (Å²) in [4.78, 5) is 0. The Balaban J connectivity index is 2.36. The van der Waals surface area contributed by atoms with Crippen molar-refractivity contribution in [3.05, 3.63) is 28.2 Å². The number of alkyl halides is 3. The standard InChI is InChI=1S/C13H16Cl2F3NO2/c1-8(5-13(16,17)18)19-6-9(20)7-21-12-10(14)3-2-4-11(12)15/h2-4,8-9,19-20H,5-7H2,1H3. The van der Waals surface area contributed by atoms with Crippen LogP contribution in [0.3, 0.4) is 0 Å². The fourth-order valence-electron chi connectivity index (χ4n) is 1.62. The molecule has 2 N–H and O–H groups in total. The van der Waals surface area contributed by atoms with Crippen LogP contribution < -0.4 is 10.1 Å². The Bertz CT molecular complexity index is 437. The Morgan fingerprint density at radius 1 is 1.29 bits per heavy atom. The molecular weight excluding hydrogens is 330 g/mol. The molecule has 0 radical (unpaired) electrons. The van der Waals surface area contributed by atoms with E-state index in [0.717, 1.165) is 0 Å². The lowest BCUT2D eigenvalue weighted by molar-refractivity contribution is -0.139. The van der Waals surface area contributed by atoms with Gasteiger partial charge in [0.15, 0.2) is 5.75 Å². The number of benzene rings is 1. The van der Waals surface area contributed by atoms with Crippen LogP contribution in [0.4, 0.5) is 13.2 Å². The van der Waals surface area contributed by atoms with Gasteiger partial charge in [0.05, 0.1) is 16.5 Å². The van der Waals surface area contributed by atoms with E-state index in [1.54, 1.807) is 18.2 Å². The second-order valence-corrected chi connectivity index (χ2v) is 5.46. The van der Waals surface area contributed by atoms with E-state index in [4.69, 9.17) is 27.9 Å². The van der Waals surface area contributed by atoms with Gasteiger partial charge >= 0.3 is 6.18 Å². The first-order valence-electron chi connectivity index (χ1n) is 6.24. The SMILES string of the molecule is CC(CC(F)(F)F)NCC(O)COc1c(Cl)cccc1Cl. The summed E-state index contributed by atoms with van der Waals surface area (Å²) in [5.41, 5.74) is 0. The molecule has 0 bridgehead atoms. The molecule has 1 aromatic carbocycles. The molecule has 0 aromatic heterocycles. The molecule has 2 unspecified atom stereocenters. The topological polar surface area (TPSA) is 41.5 Å². The van der Waals surface area contributed by atoms with Crippen molar-refractivity contribution in [1.29, 1.82) is 0 Å². The Kier molecular flexibility index (Phi) is 7.06. The quantitative estimate of drug-likeness (QED) is 0.792. The van der Waals surface area contributed by atoms with E-state index in [1.165, 1.54) is 6.92 Å². The smallest absolute Gasteiger partial charge is 0.390 e. The highest BCUT2D eigenvalue weighted by atomic mass is 35.5. The average Bonchev–Trinajstić information content (AvgIpc) is 2.33. The first kappa shape index (κ1) is 18.4. The zero-order chi connectivity index (χ0) is 16.0. The number of aliphatic hydroxyl groups is 1. The van der Waals surface area contributed by atoms with E-state index in [2.05, 4.69) is 5.32 Å². The van der Waals surface area contributed by atoms with Crippen LogP contribution in [-0.2, 0) is 0 Å². The summed E-state index contributed by atoms with van der Waals surface area (Å²) >= 11 is 11.8. The van der Waals surface area contributed by atoms with Gasteiger partial charge in [0.25, 0.3) is 0 Å². The van der Waals surface area contributed by atoms with Crippen LogP contribution in [0.5, 0.6) is 5.75 Å². The minimum Gasteiger partial charge on any atom is -0.488 e. The summed E-state index contributed by atoms with van der Waals surface area (Å²) in [5, 5.41) is 12.9. The second-order valence-electron chi connectivity index (χ2n) is 4.64. The van der Waals surface area contributed by atoms with Gasteiger partial charge in [0.2, 0.25) is 0 Å². The minimum absolute atomic E-state index is 0.0285. The highest BCUT2D eigenvalue weighted by Gasteiger charge is 2.29. The lowest BCUT2D eigenvalue weighted by Gasteiger charge is -2.19. The van der Waals surface area contributed by atoms with Gasteiger partial charge in [-0.1, -0.05) is 29.3 Å². The first-order chi connectivity index (χ1) is 9.69. The normalized spacial score (nSPS) is 14.8. The van der Waals surface area contributed by atoms with Crippen LogP contribution in [0, 0.1) is 0 Å². The molecule has 3 nitrogen and oxygen atoms in total. The molecule has 0 heterocycles. The Morgan fingerprint density at radius 3 is 2.38 bits per heavy atom. The third kappa shape index (κ3) is 7.22. The number of rotatable bonds is 7. The predicted molar refractivity (Wildman–Crippen MR) is 76.1 cm³/mol. The molecule has 0 fully saturated rings. The van der Waals surface area contributed by atoms with Crippen molar-refractivity contribution in [1.82, 2.24) is 5.32 Å². The van der Waals surface area contributed by atoms with Crippen molar-refractivity contribution in [3.8, 4) is 5.75 Å². The maximum atomic E-state index is 12.1. The summed E-state index contributed by atoms with van der Waals surface area (Å²) in [7, 11) is 0. The van der Waals surface area contributed by atoms with Crippen molar-refractivity contribution >= 4 is 23.2 Å². The molecule has 2 atom stereocenters. The van der Waals surface area contributed by atoms with Gasteiger partial charge in [-0.25, -0.2) is 0 Å². The van der Waals surface area contributed by atoms with Crippen LogP contribution >= 0.6 is 23.2 Å². The molecule has 1 rings (SSSR count). The maximum absolute atomic E-state index is 12.1. The highest BCUT2D eigenvalue weighted by Crippen LogP contribution is 2.32. The summed E-state index contributed by atoms with van der Waals surface area (Å²) in [5.74, 6) is 0.239. The molecule has 0 saturated heterocycles. The molecule has 0 aliphatic heterocycles. The molecular formula is C13H16Cl2F3NO2. The zero-order valence-electron chi connectivity index (χ0n) is 11.3. The monoisotopic (exact) mass is 345 g/mol. The van der Waals surface area contributed by atoms with Gasteiger partial charge in [0.1, 0.15) is 12.7 Å². The van der Waals surface area contributed by atoms with Crippen molar-refractivity contribution < 1.29 is 23.0 Å². The van der Waals surface area contributed by atoms with E-state index in [9.17, 15) is 18.3 Å². The van der Waals surface area contributed by atoms with Crippen molar-refractivity contribution in [3.63, 3.8) is 0 Å². The molecule has 0 spiro atoms. The molecule has 0 saturated carbocycles. The van der Waals surface area contributed by atoms with Gasteiger partial charge in [-0.2, -0.15) is 13.2 Å². The zero-order valence-corrected chi connectivity index (χ0v) is 12.8. The number of halogens is 5. The number of para-hydroxylation sites is 1. The van der Waals surface area contributed by atoms with Crippen LogP contribution in [0.15, 0.2) is 18.2 Å². The molecule has 0 aliphatic rings. The number of ether oxygens (including phenoxy) is 1. The molecule has 8 heteroatoms. The van der Waals surface area contributed by atoms with Gasteiger partial charge in [0, 0.05) is 12.6 Å². The van der Waals surface area contributed by atoms with Crippen LogP contribution in [0.25, 0.3) is 0 Å². The average molecular weight is 346 g/mol. The number of hydrogen-bond donors (Lipinski definition) is 2. The lowest BCUT2D eigenvalue weighted by Crippen LogP contribution is -2.38. The molecule has 21 heavy (non-hydrogen) atoms. The number of hydrogen-bond acceptors (Lipinski definition) is 3. The minimum atomic E-state index is -4.24. The van der Waals surface area contributed by atoms with E-state index in [-0.39, 0.29) is 18.9 Å². The molecule has 0 aliphatic carbocycles. The summed E-state index contributed by atoms with van der Waals surface area (Å²) < 4.78 is 41.7. The van der Waals surface area contributed by atoms with Crippen molar-refractivity contribution in [2.75, 3.05) is 13.2 Å². The van der Waals surface area contributed by atoms with E-state index >= 15 is 0 Å². The third-order valence-corrected chi connectivity index (χ3v) is 3.17. The van der Waals surface area contributed by atoms with Gasteiger partial charge < -0.3 is 15.2 Å². The van der Waals surface area contributed by atoms with E-state index in [0.29, 0.717) is 10.0 Å². The largest absolute Gasteiger partial charge is 0.488 e. The van der Waals surface area contributed by atoms with Crippen molar-refractivity contribution in [2.24, 2.45) is 0 Å². The van der Waals surface area contributed by atoms with E-state index < -0.39 is 24.7 Å². The van der Waals surface area contributed by atoms with Crippen molar-refractivity contribution in [2.45, 2.75) is 31.7 Å². The predicted octanol–water partition coefficient (Wildman–Crippen LogP) is 3.66. The maximum Gasteiger partial charge on any atom is 0.390 e. The Labute approximate surface area is 131 Å². The summed E-state index contributed by atoms with van der Waals surface area (Å²) in [6, 6.07) is 4.02. The lowest BCUT2D eigenvalue weighted by atomic mass is 10.2. The van der Waals surface area contributed by atoms with Crippen LogP contribution in [0.2, 0.25) is 10.0 Å². The molecule has 120 valence electrons. The van der Waals surface area contributed by atoms with Gasteiger partial charge in [-0.05, 0) is 19.1 Å². The summed E-state index contributed by atoms with van der Waals surface area (Å²) in [6.45, 7) is 1.24. The summed E-state index contributed by atoms with van der Waals surface area (Å²) in [6.07, 6.45) is -6.18. The molecule has 0 amide bonds. The number of aliphatic hydroxyl groups excluding tert-OH is 1. The van der Waals surface area contributed by atoms with Gasteiger partial charge in [-0.3, -0.25) is 0 Å². The second kappa shape index (κ2) is 8.08. The van der Waals surface area contributed by atoms with Crippen LogP contribution in [0.1, 0.15) is 13.3 Å². The Hall–Kier alpha value is -0.690. The Morgan fingerprint density at radius 2 is 1.86 bits per heavy atom.